The first kappa shape index (κ1) is 12.7. The molecule has 0 heterocycles. The van der Waals surface area contributed by atoms with Crippen LogP contribution in [-0.4, -0.2) is 10.9 Å². The molecule has 0 bridgehead atoms. The van der Waals surface area contributed by atoms with Crippen molar-refractivity contribution in [3.05, 3.63) is 71.8 Å². The summed E-state index contributed by atoms with van der Waals surface area (Å²) in [6.07, 6.45) is 3.00. The summed E-state index contributed by atoms with van der Waals surface area (Å²) in [6.45, 7) is 0. The number of hydrogen-bond acceptors (Lipinski definition) is 2. The van der Waals surface area contributed by atoms with Crippen LogP contribution in [0.1, 0.15) is 29.9 Å². The molecule has 0 saturated heterocycles. The molecule has 100 valence electrons. The number of phenolic OH excluding ortho intramolecular Hbond substituents is 1. The van der Waals surface area contributed by atoms with Crippen LogP contribution in [0, 0.1) is 0 Å². The zero-order valence-corrected chi connectivity index (χ0v) is 11.1. The van der Waals surface area contributed by atoms with Crippen LogP contribution in [0.25, 0.3) is 5.57 Å². The summed E-state index contributed by atoms with van der Waals surface area (Å²) in [5.41, 5.74) is 2.87. The Morgan fingerprint density at radius 3 is 2.35 bits per heavy atom. The van der Waals surface area contributed by atoms with Crippen LogP contribution in [0.5, 0.6) is 5.75 Å². The molecular weight excluding hydrogens is 248 g/mol. The van der Waals surface area contributed by atoms with Crippen molar-refractivity contribution in [2.75, 3.05) is 0 Å². The summed E-state index contributed by atoms with van der Waals surface area (Å²) >= 11 is 0. The Hall–Kier alpha value is -2.35. The number of ketones is 1. The summed E-state index contributed by atoms with van der Waals surface area (Å²) in [4.78, 5) is 12.0. The number of carbonyl (C=O) groups is 1. The standard InChI is InChI=1S/C18H16O2/c19-16-11-14(13-6-2-1-3-7-13)10-15(12-16)17-8-4-5-9-18(17)20/h1-9,12,14,20H,10-11H2. The molecule has 0 radical (unpaired) electrons. The maximum absolute atomic E-state index is 12.0. The number of carbonyl (C=O) groups excluding carboxylic acids is 1. The van der Waals surface area contributed by atoms with E-state index in [1.165, 1.54) is 5.56 Å². The van der Waals surface area contributed by atoms with Gasteiger partial charge in [-0.1, -0.05) is 48.5 Å². The van der Waals surface area contributed by atoms with Crippen molar-refractivity contribution in [1.82, 2.24) is 0 Å². The summed E-state index contributed by atoms with van der Waals surface area (Å²) in [5.74, 6) is 0.562. The van der Waals surface area contributed by atoms with Gasteiger partial charge in [0.2, 0.25) is 0 Å². The van der Waals surface area contributed by atoms with Crippen molar-refractivity contribution >= 4 is 11.4 Å². The van der Waals surface area contributed by atoms with Gasteiger partial charge in [0.1, 0.15) is 5.75 Å². The van der Waals surface area contributed by atoms with Crippen LogP contribution in [-0.2, 0) is 4.79 Å². The van der Waals surface area contributed by atoms with E-state index in [9.17, 15) is 9.90 Å². The predicted octanol–water partition coefficient (Wildman–Crippen LogP) is 3.92. The molecule has 2 heteroatoms. The first-order valence-electron chi connectivity index (χ1n) is 6.81. The maximum atomic E-state index is 12.0. The highest BCUT2D eigenvalue weighted by atomic mass is 16.3. The van der Waals surface area contributed by atoms with Crippen LogP contribution in [0.2, 0.25) is 0 Å². The topological polar surface area (TPSA) is 37.3 Å². The molecule has 1 aliphatic rings. The highest BCUT2D eigenvalue weighted by molar-refractivity contribution is 5.99. The van der Waals surface area contributed by atoms with E-state index < -0.39 is 0 Å². The summed E-state index contributed by atoms with van der Waals surface area (Å²) in [7, 11) is 0. The van der Waals surface area contributed by atoms with Crippen LogP contribution in [0.3, 0.4) is 0 Å². The highest BCUT2D eigenvalue weighted by Crippen LogP contribution is 2.38. The first-order valence-corrected chi connectivity index (χ1v) is 6.81. The van der Waals surface area contributed by atoms with Gasteiger partial charge in [-0.2, -0.15) is 0 Å². The Bertz CT molecular complexity index is 656. The van der Waals surface area contributed by atoms with Crippen LogP contribution in [0.15, 0.2) is 60.7 Å². The zero-order valence-electron chi connectivity index (χ0n) is 11.1. The zero-order chi connectivity index (χ0) is 13.9. The molecule has 1 unspecified atom stereocenters. The second-order valence-corrected chi connectivity index (χ2v) is 5.17. The number of hydrogen-bond donors (Lipinski definition) is 1. The van der Waals surface area contributed by atoms with E-state index in [0.717, 1.165) is 17.6 Å². The highest BCUT2D eigenvalue weighted by Gasteiger charge is 2.23. The molecule has 3 rings (SSSR count). The molecule has 0 amide bonds. The van der Waals surface area contributed by atoms with Gasteiger partial charge in [0.25, 0.3) is 0 Å². The Kier molecular flexibility index (Phi) is 3.38. The minimum atomic E-state index is 0.128. The van der Waals surface area contributed by atoms with Crippen molar-refractivity contribution in [2.24, 2.45) is 0 Å². The lowest BCUT2D eigenvalue weighted by molar-refractivity contribution is -0.115. The Morgan fingerprint density at radius 2 is 1.60 bits per heavy atom. The van der Waals surface area contributed by atoms with Gasteiger partial charge in [-0.25, -0.2) is 0 Å². The van der Waals surface area contributed by atoms with Gasteiger partial charge in [0.05, 0.1) is 0 Å². The van der Waals surface area contributed by atoms with Gasteiger partial charge in [-0.05, 0) is 35.6 Å². The molecule has 0 saturated carbocycles. The van der Waals surface area contributed by atoms with Crippen LogP contribution < -0.4 is 0 Å². The van der Waals surface area contributed by atoms with Gasteiger partial charge in [0, 0.05) is 12.0 Å². The SMILES string of the molecule is O=C1C=C(c2ccccc2O)CC(c2ccccc2)C1. The van der Waals surface area contributed by atoms with Gasteiger partial charge in [0.15, 0.2) is 5.78 Å². The molecule has 2 aromatic carbocycles. The molecule has 2 aromatic rings. The predicted molar refractivity (Wildman–Crippen MR) is 79.5 cm³/mol. The van der Waals surface area contributed by atoms with E-state index in [1.807, 2.05) is 30.3 Å². The van der Waals surface area contributed by atoms with Crippen LogP contribution in [0.4, 0.5) is 0 Å². The number of aromatic hydroxyl groups is 1. The smallest absolute Gasteiger partial charge is 0.156 e. The second kappa shape index (κ2) is 5.33. The number of rotatable bonds is 2. The quantitative estimate of drug-likeness (QED) is 0.892. The molecule has 1 N–H and O–H groups in total. The largest absolute Gasteiger partial charge is 0.507 e. The molecule has 20 heavy (non-hydrogen) atoms. The minimum Gasteiger partial charge on any atom is -0.507 e. The van der Waals surface area contributed by atoms with Crippen molar-refractivity contribution in [2.45, 2.75) is 18.8 Å². The third kappa shape index (κ3) is 2.50. The van der Waals surface area contributed by atoms with Crippen molar-refractivity contribution < 1.29 is 9.90 Å². The van der Waals surface area contributed by atoms with Crippen molar-refractivity contribution in [1.29, 1.82) is 0 Å². The summed E-state index contributed by atoms with van der Waals surface area (Å²) in [5, 5.41) is 9.95. The third-order valence-electron chi connectivity index (χ3n) is 3.77. The molecule has 0 fully saturated rings. The Balaban J connectivity index is 1.94. The number of benzene rings is 2. The fourth-order valence-electron chi connectivity index (χ4n) is 2.79. The lowest BCUT2D eigenvalue weighted by Gasteiger charge is -2.23. The first-order chi connectivity index (χ1) is 9.74. The average molecular weight is 264 g/mol. The second-order valence-electron chi connectivity index (χ2n) is 5.17. The van der Waals surface area contributed by atoms with E-state index in [0.29, 0.717) is 6.42 Å². The Morgan fingerprint density at radius 1 is 0.900 bits per heavy atom. The molecule has 2 nitrogen and oxygen atoms in total. The van der Waals surface area contributed by atoms with Gasteiger partial charge < -0.3 is 5.11 Å². The van der Waals surface area contributed by atoms with E-state index in [4.69, 9.17) is 0 Å². The molecule has 1 atom stereocenters. The Labute approximate surface area is 118 Å². The number of phenols is 1. The van der Waals surface area contributed by atoms with Crippen molar-refractivity contribution in [3.63, 3.8) is 0 Å². The number of allylic oxidation sites excluding steroid dienone is 2. The van der Waals surface area contributed by atoms with E-state index in [-0.39, 0.29) is 17.5 Å². The molecule has 0 aromatic heterocycles. The van der Waals surface area contributed by atoms with E-state index in [1.54, 1.807) is 18.2 Å². The lowest BCUT2D eigenvalue weighted by atomic mass is 9.81. The normalized spacial score (nSPS) is 18.7. The number of para-hydroxylation sites is 1. The van der Waals surface area contributed by atoms with Crippen molar-refractivity contribution in [3.8, 4) is 5.75 Å². The van der Waals surface area contributed by atoms with E-state index >= 15 is 0 Å². The third-order valence-corrected chi connectivity index (χ3v) is 3.77. The maximum Gasteiger partial charge on any atom is 0.156 e. The van der Waals surface area contributed by atoms with Gasteiger partial charge >= 0.3 is 0 Å². The fourth-order valence-corrected chi connectivity index (χ4v) is 2.79. The summed E-state index contributed by atoms with van der Waals surface area (Å²) in [6, 6.07) is 17.3. The van der Waals surface area contributed by atoms with Gasteiger partial charge in [-0.15, -0.1) is 0 Å². The monoisotopic (exact) mass is 264 g/mol. The average Bonchev–Trinajstić information content (AvgIpc) is 2.48. The molecule has 0 aliphatic heterocycles. The molecular formula is C18H16O2. The van der Waals surface area contributed by atoms with Gasteiger partial charge in [-0.3, -0.25) is 4.79 Å². The summed E-state index contributed by atoms with van der Waals surface area (Å²) < 4.78 is 0. The lowest BCUT2D eigenvalue weighted by Crippen LogP contribution is -2.12. The fraction of sp³-hybridized carbons (Fsp3) is 0.167. The molecule has 0 spiro atoms. The minimum absolute atomic E-state index is 0.128. The van der Waals surface area contributed by atoms with E-state index in [2.05, 4.69) is 12.1 Å². The van der Waals surface area contributed by atoms with Crippen LogP contribution >= 0.6 is 0 Å². The molecule has 1 aliphatic carbocycles.